The monoisotopic (exact) mass is 190 g/mol. The van der Waals surface area contributed by atoms with E-state index in [1.165, 1.54) is 0 Å². The smallest absolute Gasteiger partial charge is 0.0863 e. The van der Waals surface area contributed by atoms with Gasteiger partial charge in [0.25, 0.3) is 0 Å². The van der Waals surface area contributed by atoms with Crippen LogP contribution >= 0.6 is 11.3 Å². The number of aromatic nitrogens is 1. The van der Waals surface area contributed by atoms with Gasteiger partial charge in [-0.1, -0.05) is 6.07 Å². The lowest BCUT2D eigenvalue weighted by atomic mass is 10.2. The van der Waals surface area contributed by atoms with E-state index in [9.17, 15) is 0 Å². The Morgan fingerprint density at radius 3 is 2.85 bits per heavy atom. The molecule has 0 aliphatic rings. The number of nitrogen functional groups attached to an aromatic ring is 1. The average molecular weight is 190 g/mol. The van der Waals surface area contributed by atoms with Gasteiger partial charge in [0.2, 0.25) is 0 Å². The highest BCUT2D eigenvalue weighted by Crippen LogP contribution is 2.25. The van der Waals surface area contributed by atoms with Crippen LogP contribution in [0.1, 0.15) is 5.69 Å². The van der Waals surface area contributed by atoms with E-state index < -0.39 is 0 Å². The summed E-state index contributed by atoms with van der Waals surface area (Å²) in [6, 6.07) is 7.94. The quantitative estimate of drug-likeness (QED) is 0.751. The molecule has 0 radical (unpaired) electrons. The van der Waals surface area contributed by atoms with E-state index in [2.05, 4.69) is 4.98 Å². The Labute approximate surface area is 81.1 Å². The van der Waals surface area contributed by atoms with Gasteiger partial charge in [0.05, 0.1) is 10.7 Å². The van der Waals surface area contributed by atoms with E-state index in [4.69, 9.17) is 5.73 Å². The van der Waals surface area contributed by atoms with Crippen LogP contribution in [0.25, 0.3) is 11.3 Å². The Morgan fingerprint density at radius 1 is 1.38 bits per heavy atom. The van der Waals surface area contributed by atoms with Gasteiger partial charge in [-0.05, 0) is 25.1 Å². The molecule has 0 saturated heterocycles. The zero-order valence-corrected chi connectivity index (χ0v) is 8.14. The average Bonchev–Trinajstić information content (AvgIpc) is 2.52. The minimum Gasteiger partial charge on any atom is -0.391 e. The third-order valence-electron chi connectivity index (χ3n) is 1.80. The van der Waals surface area contributed by atoms with Gasteiger partial charge in [-0.25, -0.2) is 0 Å². The number of hydrogen-bond donors (Lipinski definition) is 1. The molecule has 0 aliphatic heterocycles. The maximum Gasteiger partial charge on any atom is 0.0863 e. The lowest BCUT2D eigenvalue weighted by molar-refractivity contribution is 1.21. The summed E-state index contributed by atoms with van der Waals surface area (Å²) in [5.74, 6) is 0. The Bertz CT molecular complexity index is 420. The number of pyridine rings is 1. The third kappa shape index (κ3) is 1.70. The van der Waals surface area contributed by atoms with Crippen molar-refractivity contribution in [1.29, 1.82) is 0 Å². The molecule has 2 rings (SSSR count). The SMILES string of the molecule is Cc1cccc(-c2csc(N)c2)n1. The highest BCUT2D eigenvalue weighted by molar-refractivity contribution is 7.14. The van der Waals surface area contributed by atoms with Crippen molar-refractivity contribution in [3.8, 4) is 11.3 Å². The molecule has 0 fully saturated rings. The van der Waals surface area contributed by atoms with E-state index in [-0.39, 0.29) is 0 Å². The first-order valence-corrected chi connectivity index (χ1v) is 4.92. The fourth-order valence-electron chi connectivity index (χ4n) is 1.19. The van der Waals surface area contributed by atoms with Crippen molar-refractivity contribution in [2.45, 2.75) is 6.92 Å². The van der Waals surface area contributed by atoms with E-state index in [1.54, 1.807) is 11.3 Å². The number of rotatable bonds is 1. The lowest BCUT2D eigenvalue weighted by Gasteiger charge is -1.97. The molecular weight excluding hydrogens is 180 g/mol. The van der Waals surface area contributed by atoms with E-state index in [1.807, 2.05) is 36.6 Å². The van der Waals surface area contributed by atoms with Gasteiger partial charge in [0, 0.05) is 16.6 Å². The molecule has 3 heteroatoms. The van der Waals surface area contributed by atoms with Crippen molar-refractivity contribution in [3.05, 3.63) is 35.3 Å². The Balaban J connectivity index is 2.46. The number of anilines is 1. The Morgan fingerprint density at radius 2 is 2.23 bits per heavy atom. The number of nitrogens with zero attached hydrogens (tertiary/aromatic N) is 1. The van der Waals surface area contributed by atoms with Crippen molar-refractivity contribution in [2.24, 2.45) is 0 Å². The van der Waals surface area contributed by atoms with Crippen LogP contribution in [0.5, 0.6) is 0 Å². The van der Waals surface area contributed by atoms with Crippen LogP contribution in [-0.4, -0.2) is 4.98 Å². The van der Waals surface area contributed by atoms with Gasteiger partial charge in [-0.3, -0.25) is 4.98 Å². The number of aryl methyl sites for hydroxylation is 1. The van der Waals surface area contributed by atoms with E-state index in [0.717, 1.165) is 22.0 Å². The summed E-state index contributed by atoms with van der Waals surface area (Å²) in [7, 11) is 0. The van der Waals surface area contributed by atoms with Gasteiger partial charge in [-0.15, -0.1) is 11.3 Å². The maximum absolute atomic E-state index is 5.64. The summed E-state index contributed by atoms with van der Waals surface area (Å²) in [6.07, 6.45) is 0. The summed E-state index contributed by atoms with van der Waals surface area (Å²) in [5.41, 5.74) is 8.77. The highest BCUT2D eigenvalue weighted by Gasteiger charge is 2.00. The van der Waals surface area contributed by atoms with Crippen LogP contribution in [-0.2, 0) is 0 Å². The Hall–Kier alpha value is -1.35. The molecular formula is C10H10N2S. The molecule has 0 spiro atoms. The van der Waals surface area contributed by atoms with Gasteiger partial charge in [0.1, 0.15) is 0 Å². The molecule has 0 unspecified atom stereocenters. The normalized spacial score (nSPS) is 10.2. The molecule has 2 nitrogen and oxygen atoms in total. The predicted molar refractivity (Wildman–Crippen MR) is 56.7 cm³/mol. The van der Waals surface area contributed by atoms with Crippen LogP contribution in [0.3, 0.4) is 0 Å². The summed E-state index contributed by atoms with van der Waals surface area (Å²) in [6.45, 7) is 1.99. The number of nitrogens with two attached hydrogens (primary N) is 1. The molecule has 13 heavy (non-hydrogen) atoms. The minimum absolute atomic E-state index is 0.832. The zero-order chi connectivity index (χ0) is 9.26. The first-order valence-electron chi connectivity index (χ1n) is 4.04. The second-order valence-electron chi connectivity index (χ2n) is 2.90. The second-order valence-corrected chi connectivity index (χ2v) is 3.84. The predicted octanol–water partition coefficient (Wildman–Crippen LogP) is 2.70. The van der Waals surface area contributed by atoms with Crippen LogP contribution in [0.4, 0.5) is 5.00 Å². The highest BCUT2D eigenvalue weighted by atomic mass is 32.1. The van der Waals surface area contributed by atoms with Gasteiger partial charge < -0.3 is 5.73 Å². The summed E-state index contributed by atoms with van der Waals surface area (Å²) in [4.78, 5) is 4.41. The van der Waals surface area contributed by atoms with Crippen molar-refractivity contribution < 1.29 is 0 Å². The molecule has 0 aliphatic carbocycles. The fourth-order valence-corrected chi connectivity index (χ4v) is 1.84. The molecule has 2 heterocycles. The van der Waals surface area contributed by atoms with E-state index in [0.29, 0.717) is 0 Å². The van der Waals surface area contributed by atoms with Crippen molar-refractivity contribution in [2.75, 3.05) is 5.73 Å². The van der Waals surface area contributed by atoms with Gasteiger partial charge in [-0.2, -0.15) is 0 Å². The summed E-state index contributed by atoms with van der Waals surface area (Å²) in [5, 5.41) is 2.86. The van der Waals surface area contributed by atoms with Crippen LogP contribution in [0.2, 0.25) is 0 Å². The van der Waals surface area contributed by atoms with Crippen molar-refractivity contribution >= 4 is 16.3 Å². The van der Waals surface area contributed by atoms with Gasteiger partial charge in [0.15, 0.2) is 0 Å². The topological polar surface area (TPSA) is 38.9 Å². The van der Waals surface area contributed by atoms with Gasteiger partial charge >= 0.3 is 0 Å². The van der Waals surface area contributed by atoms with E-state index >= 15 is 0 Å². The molecule has 66 valence electrons. The molecule has 2 aromatic rings. The standard InChI is InChI=1S/C10H10N2S/c1-7-3-2-4-9(12-7)8-5-10(11)13-6-8/h2-6H,11H2,1H3. The first-order chi connectivity index (χ1) is 6.25. The second kappa shape index (κ2) is 3.18. The Kier molecular flexibility index (Phi) is 2.02. The summed E-state index contributed by atoms with van der Waals surface area (Å²) >= 11 is 1.54. The van der Waals surface area contributed by atoms with Crippen LogP contribution in [0.15, 0.2) is 29.6 Å². The molecule has 0 saturated carbocycles. The number of thiophene rings is 1. The molecule has 0 aromatic carbocycles. The lowest BCUT2D eigenvalue weighted by Crippen LogP contribution is -1.83. The van der Waals surface area contributed by atoms with Crippen LogP contribution < -0.4 is 5.73 Å². The summed E-state index contributed by atoms with van der Waals surface area (Å²) < 4.78 is 0. The molecule has 0 atom stereocenters. The molecule has 0 amide bonds. The zero-order valence-electron chi connectivity index (χ0n) is 7.32. The van der Waals surface area contributed by atoms with Crippen molar-refractivity contribution in [1.82, 2.24) is 4.98 Å². The minimum atomic E-state index is 0.832. The maximum atomic E-state index is 5.64. The van der Waals surface area contributed by atoms with Crippen LogP contribution in [0, 0.1) is 6.92 Å². The van der Waals surface area contributed by atoms with Crippen molar-refractivity contribution in [3.63, 3.8) is 0 Å². The third-order valence-corrected chi connectivity index (χ3v) is 2.57. The fraction of sp³-hybridized carbons (Fsp3) is 0.100. The first kappa shape index (κ1) is 8.26. The molecule has 2 aromatic heterocycles. The molecule has 2 N–H and O–H groups in total. The number of hydrogen-bond acceptors (Lipinski definition) is 3. The largest absolute Gasteiger partial charge is 0.391 e. The molecule has 0 bridgehead atoms.